The minimum absolute atomic E-state index is 0.200. The highest BCUT2D eigenvalue weighted by molar-refractivity contribution is 9.10. The normalized spacial score (nSPS) is 20.2. The summed E-state index contributed by atoms with van der Waals surface area (Å²) in [6.45, 7) is 3.62. The van der Waals surface area contributed by atoms with E-state index in [2.05, 4.69) is 41.1 Å². The van der Waals surface area contributed by atoms with Gasteiger partial charge in [-0.15, -0.1) is 0 Å². The van der Waals surface area contributed by atoms with Gasteiger partial charge in [-0.05, 0) is 37.0 Å². The van der Waals surface area contributed by atoms with Crippen LogP contribution in [0.3, 0.4) is 0 Å². The van der Waals surface area contributed by atoms with Gasteiger partial charge in [0.1, 0.15) is 0 Å². The molecule has 0 radical (unpaired) electrons. The van der Waals surface area contributed by atoms with Gasteiger partial charge in [-0.25, -0.2) is 0 Å². The van der Waals surface area contributed by atoms with Crippen LogP contribution < -0.4 is 5.73 Å². The summed E-state index contributed by atoms with van der Waals surface area (Å²) in [4.78, 5) is 0. The summed E-state index contributed by atoms with van der Waals surface area (Å²) in [7, 11) is 0. The fourth-order valence-electron chi connectivity index (χ4n) is 1.93. The maximum absolute atomic E-state index is 6.40. The monoisotopic (exact) mass is 269 g/mol. The van der Waals surface area contributed by atoms with Crippen molar-refractivity contribution in [2.45, 2.75) is 25.3 Å². The molecular weight excluding hydrogens is 254 g/mol. The van der Waals surface area contributed by atoms with Gasteiger partial charge >= 0.3 is 0 Å². The number of nitrogens with two attached hydrogens (primary N) is 1. The molecule has 1 aromatic carbocycles. The molecule has 0 bridgehead atoms. The van der Waals surface area contributed by atoms with Crippen LogP contribution in [0.25, 0.3) is 0 Å². The predicted octanol–water partition coefficient (Wildman–Crippen LogP) is 2.72. The summed E-state index contributed by atoms with van der Waals surface area (Å²) in [5, 5.41) is 0. The topological polar surface area (TPSA) is 35.2 Å². The predicted molar refractivity (Wildman–Crippen MR) is 64.8 cm³/mol. The molecule has 0 unspecified atom stereocenters. The number of benzene rings is 1. The Bertz CT molecular complexity index is 359. The zero-order valence-corrected chi connectivity index (χ0v) is 10.5. The summed E-state index contributed by atoms with van der Waals surface area (Å²) < 4.78 is 6.48. The number of hydrogen-bond acceptors (Lipinski definition) is 2. The highest BCUT2D eigenvalue weighted by Crippen LogP contribution is 2.31. The molecule has 0 aliphatic carbocycles. The third-order valence-corrected chi connectivity index (χ3v) is 3.99. The van der Waals surface area contributed by atoms with E-state index >= 15 is 0 Å². The Kier molecular flexibility index (Phi) is 3.14. The molecule has 1 aromatic rings. The largest absolute Gasteiger partial charge is 0.381 e. The summed E-state index contributed by atoms with van der Waals surface area (Å²) in [5.41, 5.74) is 8.65. The van der Waals surface area contributed by atoms with E-state index in [1.54, 1.807) is 0 Å². The molecular formula is C12H16BrNO. The van der Waals surface area contributed by atoms with Gasteiger partial charge in [0.05, 0.1) is 0 Å². The Labute approximate surface area is 98.9 Å². The van der Waals surface area contributed by atoms with Crippen molar-refractivity contribution in [3.05, 3.63) is 33.8 Å². The van der Waals surface area contributed by atoms with E-state index in [1.165, 1.54) is 11.1 Å². The molecule has 2 N–H and O–H groups in total. The zero-order valence-electron chi connectivity index (χ0n) is 8.92. The van der Waals surface area contributed by atoms with E-state index in [-0.39, 0.29) is 5.54 Å². The standard InChI is InChI=1S/C12H16BrNO/c1-9-2-3-10(8-11(9)13)12(14)4-6-15-7-5-12/h2-3,8H,4-7,14H2,1H3. The van der Waals surface area contributed by atoms with Crippen LogP contribution in [0.1, 0.15) is 24.0 Å². The summed E-state index contributed by atoms with van der Waals surface area (Å²) >= 11 is 3.55. The SMILES string of the molecule is Cc1ccc(C2(N)CCOCC2)cc1Br. The van der Waals surface area contributed by atoms with Gasteiger partial charge < -0.3 is 10.5 Å². The lowest BCUT2D eigenvalue weighted by molar-refractivity contribution is 0.0522. The maximum Gasteiger partial charge on any atom is 0.0486 e. The Balaban J connectivity index is 2.31. The van der Waals surface area contributed by atoms with E-state index in [1.807, 2.05) is 0 Å². The van der Waals surface area contributed by atoms with Crippen LogP contribution in [0.4, 0.5) is 0 Å². The van der Waals surface area contributed by atoms with Crippen LogP contribution in [0.2, 0.25) is 0 Å². The molecule has 15 heavy (non-hydrogen) atoms. The van der Waals surface area contributed by atoms with Crippen molar-refractivity contribution in [1.29, 1.82) is 0 Å². The zero-order chi connectivity index (χ0) is 10.9. The summed E-state index contributed by atoms with van der Waals surface area (Å²) in [5.74, 6) is 0. The second-order valence-electron chi connectivity index (χ2n) is 4.23. The van der Waals surface area contributed by atoms with Gasteiger partial charge in [-0.2, -0.15) is 0 Å². The Morgan fingerprint density at radius 1 is 1.33 bits per heavy atom. The van der Waals surface area contributed by atoms with Crippen LogP contribution in [-0.2, 0) is 10.3 Å². The minimum atomic E-state index is -0.200. The highest BCUT2D eigenvalue weighted by atomic mass is 79.9. The van der Waals surface area contributed by atoms with E-state index in [0.29, 0.717) is 0 Å². The molecule has 0 aromatic heterocycles. The number of ether oxygens (including phenoxy) is 1. The Morgan fingerprint density at radius 3 is 2.60 bits per heavy atom. The van der Waals surface area contributed by atoms with Gasteiger partial charge in [0.2, 0.25) is 0 Å². The second kappa shape index (κ2) is 4.24. The molecule has 0 spiro atoms. The number of rotatable bonds is 1. The highest BCUT2D eigenvalue weighted by Gasteiger charge is 2.30. The maximum atomic E-state index is 6.40. The molecule has 3 heteroatoms. The van der Waals surface area contributed by atoms with Gasteiger partial charge in [-0.1, -0.05) is 28.1 Å². The smallest absolute Gasteiger partial charge is 0.0486 e. The molecule has 1 aliphatic heterocycles. The van der Waals surface area contributed by atoms with Crippen molar-refractivity contribution in [1.82, 2.24) is 0 Å². The van der Waals surface area contributed by atoms with Gasteiger partial charge in [0.15, 0.2) is 0 Å². The van der Waals surface area contributed by atoms with Crippen LogP contribution in [0, 0.1) is 6.92 Å². The molecule has 1 aliphatic rings. The van der Waals surface area contributed by atoms with Crippen molar-refractivity contribution in [3.8, 4) is 0 Å². The molecule has 2 nitrogen and oxygen atoms in total. The first kappa shape index (κ1) is 11.1. The van der Waals surface area contributed by atoms with E-state index in [9.17, 15) is 0 Å². The molecule has 1 heterocycles. The van der Waals surface area contributed by atoms with Crippen LogP contribution in [0.15, 0.2) is 22.7 Å². The number of aryl methyl sites for hydroxylation is 1. The summed E-state index contributed by atoms with van der Waals surface area (Å²) in [6.07, 6.45) is 1.81. The molecule has 82 valence electrons. The van der Waals surface area contributed by atoms with Crippen LogP contribution >= 0.6 is 15.9 Å². The van der Waals surface area contributed by atoms with Gasteiger partial charge in [0.25, 0.3) is 0 Å². The lowest BCUT2D eigenvalue weighted by Crippen LogP contribution is -2.42. The van der Waals surface area contributed by atoms with Crippen molar-refractivity contribution in [2.24, 2.45) is 5.73 Å². The fourth-order valence-corrected chi connectivity index (χ4v) is 2.31. The molecule has 1 fully saturated rings. The molecule has 0 amide bonds. The molecule has 0 saturated carbocycles. The average Bonchev–Trinajstić information content (AvgIpc) is 2.23. The van der Waals surface area contributed by atoms with Crippen molar-refractivity contribution in [3.63, 3.8) is 0 Å². The number of halogens is 1. The van der Waals surface area contributed by atoms with Crippen molar-refractivity contribution in [2.75, 3.05) is 13.2 Å². The summed E-state index contributed by atoms with van der Waals surface area (Å²) in [6, 6.07) is 6.38. The minimum Gasteiger partial charge on any atom is -0.381 e. The first-order valence-corrected chi connectivity index (χ1v) is 6.04. The molecule has 2 rings (SSSR count). The van der Waals surface area contributed by atoms with E-state index in [4.69, 9.17) is 10.5 Å². The first-order valence-electron chi connectivity index (χ1n) is 5.25. The second-order valence-corrected chi connectivity index (χ2v) is 5.09. The Morgan fingerprint density at radius 2 is 2.00 bits per heavy atom. The average molecular weight is 270 g/mol. The van der Waals surface area contributed by atoms with Crippen LogP contribution in [0.5, 0.6) is 0 Å². The van der Waals surface area contributed by atoms with Crippen molar-refractivity contribution < 1.29 is 4.74 Å². The van der Waals surface area contributed by atoms with E-state index in [0.717, 1.165) is 30.5 Å². The lowest BCUT2D eigenvalue weighted by atomic mass is 9.83. The fraction of sp³-hybridized carbons (Fsp3) is 0.500. The Hall–Kier alpha value is -0.380. The van der Waals surface area contributed by atoms with Gasteiger partial charge in [-0.3, -0.25) is 0 Å². The third-order valence-electron chi connectivity index (χ3n) is 3.13. The molecule has 0 atom stereocenters. The lowest BCUT2D eigenvalue weighted by Gasteiger charge is -2.34. The van der Waals surface area contributed by atoms with Gasteiger partial charge in [0, 0.05) is 23.2 Å². The van der Waals surface area contributed by atoms with E-state index < -0.39 is 0 Å². The molecule has 1 saturated heterocycles. The van der Waals surface area contributed by atoms with Crippen LogP contribution in [-0.4, -0.2) is 13.2 Å². The third kappa shape index (κ3) is 2.25. The van der Waals surface area contributed by atoms with Crippen molar-refractivity contribution >= 4 is 15.9 Å². The quantitative estimate of drug-likeness (QED) is 0.851. The first-order chi connectivity index (χ1) is 7.12. The number of hydrogen-bond donors (Lipinski definition) is 1.